The highest BCUT2D eigenvalue weighted by molar-refractivity contribution is 5.93. The molecule has 2 heterocycles. The van der Waals surface area contributed by atoms with Gasteiger partial charge in [0.25, 0.3) is 0 Å². The molecule has 0 atom stereocenters. The molecule has 5 nitrogen and oxygen atoms in total. The van der Waals surface area contributed by atoms with Crippen LogP contribution in [0.4, 0.5) is 0 Å². The van der Waals surface area contributed by atoms with Crippen molar-refractivity contribution in [2.24, 2.45) is 11.7 Å². The maximum absolute atomic E-state index is 11.0. The summed E-state index contributed by atoms with van der Waals surface area (Å²) in [6, 6.07) is 2.11. The van der Waals surface area contributed by atoms with Gasteiger partial charge in [-0.05, 0) is 36.0 Å². The molecular formula is C16H18N4O. The van der Waals surface area contributed by atoms with Gasteiger partial charge in [-0.15, -0.1) is 0 Å². The number of amides is 1. The van der Waals surface area contributed by atoms with Crippen molar-refractivity contribution in [1.82, 2.24) is 9.97 Å². The van der Waals surface area contributed by atoms with Crippen molar-refractivity contribution in [3.63, 3.8) is 0 Å². The zero-order valence-electron chi connectivity index (χ0n) is 12.2. The molecule has 0 aliphatic heterocycles. The maximum Gasteiger partial charge on any atom is 0.247 e. The average Bonchev–Trinajstić information content (AvgIpc) is 2.81. The Morgan fingerprint density at radius 3 is 2.95 bits per heavy atom. The number of carbonyl (C=O) groups is 1. The summed E-state index contributed by atoms with van der Waals surface area (Å²) in [6.07, 6.45) is 6.75. The van der Waals surface area contributed by atoms with E-state index in [1.165, 1.54) is 5.56 Å². The molecule has 108 valence electrons. The Hall–Kier alpha value is -2.61. The Morgan fingerprint density at radius 1 is 1.57 bits per heavy atom. The molecule has 3 N–H and O–H groups in total. The minimum absolute atomic E-state index is 0.0318. The summed E-state index contributed by atoms with van der Waals surface area (Å²) in [5.41, 5.74) is 8.11. The minimum atomic E-state index is -0.691. The van der Waals surface area contributed by atoms with Crippen molar-refractivity contribution >= 4 is 16.9 Å². The van der Waals surface area contributed by atoms with E-state index in [0.717, 1.165) is 23.0 Å². The lowest BCUT2D eigenvalue weighted by atomic mass is 10.0. The summed E-state index contributed by atoms with van der Waals surface area (Å²) in [5.74, 6) is -0.126. The number of rotatable bonds is 5. The normalized spacial score (nSPS) is 11.8. The lowest BCUT2D eigenvalue weighted by Crippen LogP contribution is -2.11. The molecule has 0 saturated carbocycles. The number of pyridine rings is 1. The Labute approximate surface area is 123 Å². The molecular weight excluding hydrogens is 264 g/mol. The zero-order valence-corrected chi connectivity index (χ0v) is 12.2. The Kier molecular flexibility index (Phi) is 4.39. The first-order valence-corrected chi connectivity index (χ1v) is 6.83. The third kappa shape index (κ3) is 3.48. The van der Waals surface area contributed by atoms with Crippen LogP contribution >= 0.6 is 0 Å². The van der Waals surface area contributed by atoms with E-state index in [-0.39, 0.29) is 5.70 Å². The van der Waals surface area contributed by atoms with Gasteiger partial charge in [-0.1, -0.05) is 19.9 Å². The van der Waals surface area contributed by atoms with Gasteiger partial charge in [0.1, 0.15) is 5.65 Å². The minimum Gasteiger partial charge on any atom is -0.375 e. The summed E-state index contributed by atoms with van der Waals surface area (Å²) in [5, 5.41) is 1.03. The van der Waals surface area contributed by atoms with E-state index in [2.05, 4.69) is 34.7 Å². The molecule has 2 rings (SSSR count). The molecule has 21 heavy (non-hydrogen) atoms. The number of nitrogens with two attached hydrogens (primary N) is 1. The number of hydrogen-bond donors (Lipinski definition) is 2. The van der Waals surface area contributed by atoms with E-state index in [0.29, 0.717) is 12.3 Å². The highest BCUT2D eigenvalue weighted by Gasteiger charge is 2.08. The van der Waals surface area contributed by atoms with Crippen LogP contribution in [0.5, 0.6) is 0 Å². The number of aromatic amines is 1. The molecule has 0 aliphatic rings. The van der Waals surface area contributed by atoms with Crippen LogP contribution in [-0.2, 0) is 17.6 Å². The van der Waals surface area contributed by atoms with Gasteiger partial charge < -0.3 is 10.7 Å². The molecule has 0 fully saturated rings. The van der Waals surface area contributed by atoms with Gasteiger partial charge in [0, 0.05) is 17.8 Å². The van der Waals surface area contributed by atoms with Gasteiger partial charge in [0.05, 0.1) is 6.57 Å². The fraction of sp³-hybridized carbons (Fsp3) is 0.312. The van der Waals surface area contributed by atoms with Crippen LogP contribution in [0.15, 0.2) is 30.2 Å². The fourth-order valence-corrected chi connectivity index (χ4v) is 2.26. The van der Waals surface area contributed by atoms with Gasteiger partial charge in [0.2, 0.25) is 11.6 Å². The lowest BCUT2D eigenvalue weighted by molar-refractivity contribution is -0.114. The predicted molar refractivity (Wildman–Crippen MR) is 82.2 cm³/mol. The van der Waals surface area contributed by atoms with Crippen molar-refractivity contribution in [3.8, 4) is 0 Å². The third-order valence-corrected chi connectivity index (χ3v) is 3.21. The van der Waals surface area contributed by atoms with Crippen molar-refractivity contribution in [2.45, 2.75) is 26.7 Å². The molecule has 0 saturated heterocycles. The monoisotopic (exact) mass is 282 g/mol. The van der Waals surface area contributed by atoms with E-state index in [1.807, 2.05) is 12.4 Å². The SMILES string of the molecule is [C-]#[N+]/C(=C\Cc1c[nH]c2ncc(CC(C)C)cc12)C(N)=O. The molecule has 1 amide bonds. The first-order valence-electron chi connectivity index (χ1n) is 6.83. The average molecular weight is 282 g/mol. The van der Waals surface area contributed by atoms with Gasteiger partial charge in [-0.2, -0.15) is 0 Å². The Bertz CT molecular complexity index is 734. The molecule has 0 radical (unpaired) electrons. The standard InChI is InChI=1S/C16H18N4O/c1-10(2)6-11-7-13-12(9-20-16(13)19-8-11)4-5-14(18-3)15(17)21/h5,7-10H,4,6H2,1-2H3,(H2,17,21)(H,19,20)/b14-5-. The van der Waals surface area contributed by atoms with E-state index in [4.69, 9.17) is 12.3 Å². The summed E-state index contributed by atoms with van der Waals surface area (Å²) in [7, 11) is 0. The summed E-state index contributed by atoms with van der Waals surface area (Å²) in [6.45, 7) is 11.3. The summed E-state index contributed by atoms with van der Waals surface area (Å²) < 4.78 is 0. The zero-order chi connectivity index (χ0) is 15.4. The molecule has 0 aromatic carbocycles. The number of nitrogens with one attached hydrogen (secondary N) is 1. The molecule has 0 spiro atoms. The van der Waals surface area contributed by atoms with Crippen molar-refractivity contribution in [1.29, 1.82) is 0 Å². The lowest BCUT2D eigenvalue weighted by Gasteiger charge is -2.04. The van der Waals surface area contributed by atoms with Crippen molar-refractivity contribution < 1.29 is 4.79 Å². The highest BCUT2D eigenvalue weighted by Crippen LogP contribution is 2.20. The van der Waals surface area contributed by atoms with Crippen LogP contribution in [-0.4, -0.2) is 15.9 Å². The second kappa shape index (κ2) is 6.23. The molecule has 0 aliphatic carbocycles. The number of allylic oxidation sites excluding steroid dienone is 1. The Morgan fingerprint density at radius 2 is 2.33 bits per heavy atom. The first kappa shape index (κ1) is 14.8. The number of carbonyl (C=O) groups excluding carboxylic acids is 1. The number of hydrogen-bond acceptors (Lipinski definition) is 2. The second-order valence-electron chi connectivity index (χ2n) is 5.42. The highest BCUT2D eigenvalue weighted by atomic mass is 16.1. The van der Waals surface area contributed by atoms with Gasteiger partial charge in [-0.3, -0.25) is 4.79 Å². The number of primary amides is 1. The molecule has 0 unspecified atom stereocenters. The largest absolute Gasteiger partial charge is 0.375 e. The van der Waals surface area contributed by atoms with Crippen molar-refractivity contribution in [2.75, 3.05) is 0 Å². The number of H-pyrrole nitrogens is 1. The van der Waals surface area contributed by atoms with Crippen molar-refractivity contribution in [3.05, 3.63) is 52.8 Å². The Balaban J connectivity index is 2.32. The molecule has 5 heteroatoms. The van der Waals surface area contributed by atoms with Crippen LogP contribution in [0.2, 0.25) is 0 Å². The number of aromatic nitrogens is 2. The van der Waals surface area contributed by atoms with Crippen LogP contribution in [0.25, 0.3) is 15.9 Å². The summed E-state index contributed by atoms with van der Waals surface area (Å²) >= 11 is 0. The summed E-state index contributed by atoms with van der Waals surface area (Å²) in [4.78, 5) is 21.7. The number of nitrogens with zero attached hydrogens (tertiary/aromatic N) is 2. The topological polar surface area (TPSA) is 76.1 Å². The van der Waals surface area contributed by atoms with E-state index >= 15 is 0 Å². The van der Waals surface area contributed by atoms with Crippen LogP contribution in [0, 0.1) is 12.5 Å². The van der Waals surface area contributed by atoms with E-state index in [1.54, 1.807) is 6.08 Å². The van der Waals surface area contributed by atoms with E-state index in [9.17, 15) is 4.79 Å². The maximum atomic E-state index is 11.0. The predicted octanol–water partition coefficient (Wildman–Crippen LogP) is 2.59. The molecule has 2 aromatic rings. The molecule has 2 aromatic heterocycles. The van der Waals surface area contributed by atoms with Gasteiger partial charge >= 0.3 is 0 Å². The van der Waals surface area contributed by atoms with Gasteiger partial charge in [0.15, 0.2) is 0 Å². The fourth-order valence-electron chi connectivity index (χ4n) is 2.26. The number of fused-ring (bicyclic) bond motifs is 1. The van der Waals surface area contributed by atoms with Crippen LogP contribution in [0.3, 0.4) is 0 Å². The third-order valence-electron chi connectivity index (χ3n) is 3.21. The van der Waals surface area contributed by atoms with Crippen LogP contribution < -0.4 is 5.73 Å². The smallest absolute Gasteiger partial charge is 0.247 e. The quantitative estimate of drug-likeness (QED) is 0.653. The van der Waals surface area contributed by atoms with Gasteiger partial charge in [-0.25, -0.2) is 9.83 Å². The second-order valence-corrected chi connectivity index (χ2v) is 5.42. The molecule has 0 bridgehead atoms. The van der Waals surface area contributed by atoms with Crippen LogP contribution in [0.1, 0.15) is 25.0 Å². The first-order chi connectivity index (χ1) is 10.0. The van der Waals surface area contributed by atoms with E-state index < -0.39 is 5.91 Å².